The molecule has 0 aliphatic carbocycles. The highest BCUT2D eigenvalue weighted by molar-refractivity contribution is 7.13. The lowest BCUT2D eigenvalue weighted by Crippen LogP contribution is -2.26. The summed E-state index contributed by atoms with van der Waals surface area (Å²) in [6.45, 7) is -0.182. The van der Waals surface area contributed by atoms with Crippen LogP contribution < -0.4 is 14.2 Å². The smallest absolute Gasteiger partial charge is 0.387 e. The second-order valence-corrected chi connectivity index (χ2v) is 7.38. The fourth-order valence-electron chi connectivity index (χ4n) is 2.91. The molecule has 0 radical (unpaired) electrons. The maximum atomic E-state index is 12.8. The second-order valence-electron chi connectivity index (χ2n) is 6.52. The van der Waals surface area contributed by atoms with Gasteiger partial charge in [-0.05, 0) is 48.9 Å². The molecule has 1 amide bonds. The van der Waals surface area contributed by atoms with Crippen molar-refractivity contribution in [3.8, 4) is 27.8 Å². The monoisotopic (exact) mass is 448 g/mol. The average molecular weight is 448 g/mol. The summed E-state index contributed by atoms with van der Waals surface area (Å²) >= 11 is 1.38. The van der Waals surface area contributed by atoms with E-state index in [1.807, 2.05) is 31.2 Å². The van der Waals surface area contributed by atoms with E-state index >= 15 is 0 Å². The number of carbonyl (C=O) groups is 1. The van der Waals surface area contributed by atoms with Gasteiger partial charge >= 0.3 is 6.61 Å². The van der Waals surface area contributed by atoms with Gasteiger partial charge in [0.15, 0.2) is 11.5 Å². The Morgan fingerprint density at radius 3 is 2.55 bits per heavy atom. The molecule has 0 N–H and O–H groups in total. The van der Waals surface area contributed by atoms with Crippen molar-refractivity contribution in [2.24, 2.45) is 0 Å². The summed E-state index contributed by atoms with van der Waals surface area (Å²) in [4.78, 5) is 18.8. The molecule has 0 bridgehead atoms. The topological polar surface area (TPSA) is 60.9 Å². The van der Waals surface area contributed by atoms with E-state index in [-0.39, 0.29) is 24.0 Å². The number of alkyl halides is 2. The summed E-state index contributed by atoms with van der Waals surface area (Å²) in [6.07, 6.45) is 0. The molecule has 0 saturated heterocycles. The predicted molar refractivity (Wildman–Crippen MR) is 114 cm³/mol. The predicted octanol–water partition coefficient (Wildman–Crippen LogP) is 5.09. The maximum Gasteiger partial charge on any atom is 0.387 e. The highest BCUT2D eigenvalue weighted by Gasteiger charge is 2.18. The number of ether oxygens (including phenoxy) is 3. The zero-order valence-corrected chi connectivity index (χ0v) is 18.1. The molecule has 0 aliphatic rings. The van der Waals surface area contributed by atoms with E-state index < -0.39 is 6.61 Å². The zero-order valence-electron chi connectivity index (χ0n) is 17.3. The molecule has 0 fully saturated rings. The van der Waals surface area contributed by atoms with Crippen molar-refractivity contribution in [1.29, 1.82) is 0 Å². The minimum absolute atomic E-state index is 0.0604. The molecule has 0 unspecified atom stereocenters. The van der Waals surface area contributed by atoms with Gasteiger partial charge in [0.05, 0.1) is 13.7 Å². The summed E-state index contributed by atoms with van der Waals surface area (Å²) in [6, 6.07) is 12.1. The number of amides is 1. The van der Waals surface area contributed by atoms with Crippen LogP contribution in [-0.4, -0.2) is 43.2 Å². The van der Waals surface area contributed by atoms with E-state index in [1.165, 1.54) is 29.4 Å². The van der Waals surface area contributed by atoms with Gasteiger partial charge in [0.1, 0.15) is 16.5 Å². The minimum Gasteiger partial charge on any atom is -0.494 e. The van der Waals surface area contributed by atoms with Crippen LogP contribution in [0.2, 0.25) is 0 Å². The Kier molecular flexibility index (Phi) is 7.41. The standard InChI is InChI=1S/C22H22F2N2O4S/c1-4-29-16-8-6-15(7-9-16)20-25-17(13-31-20)21(27)26(2)12-14-5-10-18(30-22(23)24)19(11-14)28-3/h5-11,13,22H,4,12H2,1-3H3. The summed E-state index contributed by atoms with van der Waals surface area (Å²) < 4.78 is 39.9. The molecular formula is C22H22F2N2O4S. The number of rotatable bonds is 9. The normalized spacial score (nSPS) is 10.8. The van der Waals surface area contributed by atoms with Crippen LogP contribution in [0.5, 0.6) is 17.2 Å². The number of nitrogens with zero attached hydrogens (tertiary/aromatic N) is 2. The first kappa shape index (κ1) is 22.5. The molecule has 3 aromatic rings. The Morgan fingerprint density at radius 2 is 1.90 bits per heavy atom. The maximum absolute atomic E-state index is 12.8. The van der Waals surface area contributed by atoms with Crippen LogP contribution in [0.25, 0.3) is 10.6 Å². The number of thiazole rings is 1. The van der Waals surface area contributed by atoms with E-state index in [9.17, 15) is 13.6 Å². The van der Waals surface area contributed by atoms with Crippen molar-refractivity contribution in [2.75, 3.05) is 20.8 Å². The quantitative estimate of drug-likeness (QED) is 0.456. The third-order valence-corrected chi connectivity index (χ3v) is 5.24. The van der Waals surface area contributed by atoms with Gasteiger partial charge in [0, 0.05) is 24.5 Å². The van der Waals surface area contributed by atoms with E-state index in [0.29, 0.717) is 17.9 Å². The van der Waals surface area contributed by atoms with Gasteiger partial charge in [-0.15, -0.1) is 11.3 Å². The largest absolute Gasteiger partial charge is 0.494 e. The molecule has 164 valence electrons. The van der Waals surface area contributed by atoms with Gasteiger partial charge in [-0.25, -0.2) is 4.98 Å². The first-order valence-corrected chi connectivity index (χ1v) is 10.3. The average Bonchev–Trinajstić information content (AvgIpc) is 3.25. The highest BCUT2D eigenvalue weighted by Crippen LogP contribution is 2.30. The van der Waals surface area contributed by atoms with Gasteiger partial charge < -0.3 is 19.1 Å². The number of hydrogen-bond donors (Lipinski definition) is 0. The molecule has 9 heteroatoms. The molecular weight excluding hydrogens is 426 g/mol. The number of hydrogen-bond acceptors (Lipinski definition) is 6. The Labute approximate surface area is 183 Å². The van der Waals surface area contributed by atoms with Crippen LogP contribution >= 0.6 is 11.3 Å². The first-order chi connectivity index (χ1) is 14.9. The van der Waals surface area contributed by atoms with Crippen LogP contribution in [0.1, 0.15) is 23.0 Å². The highest BCUT2D eigenvalue weighted by atomic mass is 32.1. The second kappa shape index (κ2) is 10.2. The lowest BCUT2D eigenvalue weighted by molar-refractivity contribution is -0.0512. The summed E-state index contributed by atoms with van der Waals surface area (Å²) in [5, 5.41) is 2.44. The Balaban J connectivity index is 1.69. The van der Waals surface area contributed by atoms with Crippen LogP contribution in [0.4, 0.5) is 8.78 Å². The van der Waals surface area contributed by atoms with Crippen molar-refractivity contribution in [1.82, 2.24) is 9.88 Å². The molecule has 0 aliphatic heterocycles. The van der Waals surface area contributed by atoms with Crippen LogP contribution in [-0.2, 0) is 6.54 Å². The van der Waals surface area contributed by atoms with E-state index in [0.717, 1.165) is 16.3 Å². The lowest BCUT2D eigenvalue weighted by atomic mass is 10.2. The van der Waals surface area contributed by atoms with Crippen molar-refractivity contribution in [2.45, 2.75) is 20.1 Å². The molecule has 2 aromatic carbocycles. The Hall–Kier alpha value is -3.20. The van der Waals surface area contributed by atoms with E-state index in [4.69, 9.17) is 9.47 Å². The van der Waals surface area contributed by atoms with Gasteiger partial charge in [-0.2, -0.15) is 8.78 Å². The van der Waals surface area contributed by atoms with Gasteiger partial charge in [0.2, 0.25) is 0 Å². The third-order valence-electron chi connectivity index (χ3n) is 4.35. The van der Waals surface area contributed by atoms with Crippen molar-refractivity contribution in [3.05, 3.63) is 59.1 Å². The van der Waals surface area contributed by atoms with Crippen LogP contribution in [0, 0.1) is 0 Å². The molecule has 1 aromatic heterocycles. The van der Waals surface area contributed by atoms with Crippen LogP contribution in [0.15, 0.2) is 47.8 Å². The molecule has 3 rings (SSSR count). The summed E-state index contributed by atoms with van der Waals surface area (Å²) in [7, 11) is 3.01. The SMILES string of the molecule is CCOc1ccc(-c2nc(C(=O)N(C)Cc3ccc(OC(F)F)c(OC)c3)cs2)cc1. The van der Waals surface area contributed by atoms with Crippen molar-refractivity contribution < 1.29 is 27.8 Å². The Morgan fingerprint density at radius 1 is 1.16 bits per heavy atom. The molecule has 0 spiro atoms. The molecule has 31 heavy (non-hydrogen) atoms. The number of benzene rings is 2. The number of aromatic nitrogens is 1. The molecule has 1 heterocycles. The zero-order chi connectivity index (χ0) is 22.4. The van der Waals surface area contributed by atoms with Crippen molar-refractivity contribution in [3.63, 3.8) is 0 Å². The minimum atomic E-state index is -2.95. The van der Waals surface area contributed by atoms with Gasteiger partial charge in [-0.1, -0.05) is 6.07 Å². The Bertz CT molecular complexity index is 1020. The summed E-state index contributed by atoms with van der Waals surface area (Å²) in [5.41, 5.74) is 1.94. The number of methoxy groups -OCH3 is 1. The van der Waals surface area contributed by atoms with Crippen LogP contribution in [0.3, 0.4) is 0 Å². The van der Waals surface area contributed by atoms with Gasteiger partial charge in [-0.3, -0.25) is 4.79 Å². The fourth-order valence-corrected chi connectivity index (χ4v) is 3.71. The first-order valence-electron chi connectivity index (χ1n) is 9.47. The summed E-state index contributed by atoms with van der Waals surface area (Å²) in [5.74, 6) is 0.638. The van der Waals surface area contributed by atoms with Gasteiger partial charge in [0.25, 0.3) is 5.91 Å². The third kappa shape index (κ3) is 5.69. The molecule has 0 atom stereocenters. The molecule has 0 saturated carbocycles. The van der Waals surface area contributed by atoms with E-state index in [2.05, 4.69) is 9.72 Å². The molecule has 6 nitrogen and oxygen atoms in total. The fraction of sp³-hybridized carbons (Fsp3) is 0.273. The van der Waals surface area contributed by atoms with Crippen molar-refractivity contribution >= 4 is 17.2 Å². The number of carbonyl (C=O) groups excluding carboxylic acids is 1. The lowest BCUT2D eigenvalue weighted by Gasteiger charge is -2.17. The number of halogens is 2. The van der Waals surface area contributed by atoms with E-state index in [1.54, 1.807) is 24.6 Å².